The molecule has 3 N–H and O–H groups in total. The number of amides is 2. The first-order valence-electron chi connectivity index (χ1n) is 7.81. The molecule has 122 valence electrons. The van der Waals surface area contributed by atoms with E-state index in [9.17, 15) is 4.79 Å². The number of nitrogens with one attached hydrogen (secondary N) is 2. The largest absolute Gasteiger partial charge is 0.394 e. The molecule has 1 saturated heterocycles. The summed E-state index contributed by atoms with van der Waals surface area (Å²) in [4.78, 5) is 14.5. The Morgan fingerprint density at radius 2 is 2.00 bits per heavy atom. The van der Waals surface area contributed by atoms with Crippen molar-refractivity contribution in [1.82, 2.24) is 9.78 Å². The van der Waals surface area contributed by atoms with Gasteiger partial charge in [0.25, 0.3) is 0 Å². The van der Waals surface area contributed by atoms with E-state index in [2.05, 4.69) is 20.6 Å². The van der Waals surface area contributed by atoms with Crippen LogP contribution in [0.2, 0.25) is 0 Å². The van der Waals surface area contributed by atoms with Gasteiger partial charge >= 0.3 is 6.03 Å². The number of benzene rings is 1. The number of carbonyl (C=O) groups is 1. The SMILES string of the molecule is O=C(Nc1cnn(CCO)c1)Nc1ccccc1N1CCCC1. The van der Waals surface area contributed by atoms with Crippen LogP contribution in [0.15, 0.2) is 36.7 Å². The summed E-state index contributed by atoms with van der Waals surface area (Å²) < 4.78 is 1.58. The van der Waals surface area contributed by atoms with Crippen LogP contribution in [0.4, 0.5) is 21.9 Å². The second-order valence-corrected chi connectivity index (χ2v) is 5.51. The first-order valence-corrected chi connectivity index (χ1v) is 7.81. The smallest absolute Gasteiger partial charge is 0.323 e. The van der Waals surface area contributed by atoms with Gasteiger partial charge in [-0.2, -0.15) is 5.10 Å². The summed E-state index contributed by atoms with van der Waals surface area (Å²) in [5, 5.41) is 18.6. The van der Waals surface area contributed by atoms with Gasteiger partial charge in [0.05, 0.1) is 36.4 Å². The van der Waals surface area contributed by atoms with Gasteiger partial charge in [-0.1, -0.05) is 12.1 Å². The molecule has 7 nitrogen and oxygen atoms in total. The highest BCUT2D eigenvalue weighted by Gasteiger charge is 2.16. The van der Waals surface area contributed by atoms with Crippen molar-refractivity contribution < 1.29 is 9.90 Å². The molecule has 23 heavy (non-hydrogen) atoms. The summed E-state index contributed by atoms with van der Waals surface area (Å²) in [7, 11) is 0. The van der Waals surface area contributed by atoms with Crippen LogP contribution in [-0.2, 0) is 6.54 Å². The number of carbonyl (C=O) groups excluding carboxylic acids is 1. The van der Waals surface area contributed by atoms with Crippen molar-refractivity contribution >= 4 is 23.1 Å². The zero-order valence-corrected chi connectivity index (χ0v) is 12.9. The second kappa shape index (κ2) is 7.15. The molecule has 0 atom stereocenters. The zero-order valence-electron chi connectivity index (χ0n) is 12.9. The quantitative estimate of drug-likeness (QED) is 0.789. The molecule has 0 spiro atoms. The third-order valence-electron chi connectivity index (χ3n) is 3.82. The summed E-state index contributed by atoms with van der Waals surface area (Å²) in [5.41, 5.74) is 2.44. The second-order valence-electron chi connectivity index (χ2n) is 5.51. The maximum atomic E-state index is 12.2. The summed E-state index contributed by atoms with van der Waals surface area (Å²) in [5.74, 6) is 0. The Kier molecular flexibility index (Phi) is 4.77. The number of anilines is 3. The first-order chi connectivity index (χ1) is 11.3. The Bertz CT molecular complexity index is 664. The third kappa shape index (κ3) is 3.81. The van der Waals surface area contributed by atoms with E-state index in [-0.39, 0.29) is 12.6 Å². The van der Waals surface area contributed by atoms with Gasteiger partial charge in [0.2, 0.25) is 0 Å². The standard InChI is InChI=1S/C16H21N5O2/c22-10-9-21-12-13(11-17-21)18-16(23)19-14-5-1-2-6-15(14)20-7-3-4-8-20/h1-2,5-6,11-12,22H,3-4,7-10H2,(H2,18,19,23). The van der Waals surface area contributed by atoms with Crippen LogP contribution in [0.5, 0.6) is 0 Å². The molecule has 0 unspecified atom stereocenters. The van der Waals surface area contributed by atoms with Gasteiger partial charge in [0, 0.05) is 19.3 Å². The summed E-state index contributed by atoms with van der Waals surface area (Å²) in [6, 6.07) is 7.52. The highest BCUT2D eigenvalue weighted by atomic mass is 16.3. The molecule has 1 aliphatic rings. The molecule has 3 rings (SSSR count). The minimum atomic E-state index is -0.305. The van der Waals surface area contributed by atoms with Gasteiger partial charge < -0.3 is 20.6 Å². The maximum Gasteiger partial charge on any atom is 0.323 e. The predicted octanol–water partition coefficient (Wildman–Crippen LogP) is 2.12. The molecule has 2 amide bonds. The van der Waals surface area contributed by atoms with Crippen LogP contribution in [0, 0.1) is 0 Å². The van der Waals surface area contributed by atoms with Gasteiger partial charge in [-0.15, -0.1) is 0 Å². The van der Waals surface area contributed by atoms with Crippen molar-refractivity contribution in [3.8, 4) is 0 Å². The van der Waals surface area contributed by atoms with Gasteiger partial charge in [0.15, 0.2) is 0 Å². The number of aromatic nitrogens is 2. The monoisotopic (exact) mass is 315 g/mol. The average molecular weight is 315 g/mol. The van der Waals surface area contributed by atoms with E-state index >= 15 is 0 Å². The summed E-state index contributed by atoms with van der Waals surface area (Å²) >= 11 is 0. The van der Waals surface area contributed by atoms with E-state index in [1.54, 1.807) is 17.1 Å². The van der Waals surface area contributed by atoms with Crippen LogP contribution >= 0.6 is 0 Å². The van der Waals surface area contributed by atoms with Gasteiger partial charge in [-0.05, 0) is 25.0 Å². The number of nitrogens with zero attached hydrogens (tertiary/aromatic N) is 3. The van der Waals surface area contributed by atoms with E-state index in [1.165, 1.54) is 12.8 Å². The van der Waals surface area contributed by atoms with Crippen LogP contribution in [0.3, 0.4) is 0 Å². The van der Waals surface area contributed by atoms with E-state index < -0.39 is 0 Å². The topological polar surface area (TPSA) is 82.4 Å². The molecule has 1 fully saturated rings. The Morgan fingerprint density at radius 1 is 1.22 bits per heavy atom. The first kappa shape index (κ1) is 15.4. The van der Waals surface area contributed by atoms with Crippen molar-refractivity contribution in [3.63, 3.8) is 0 Å². The molecule has 0 aliphatic carbocycles. The summed E-state index contributed by atoms with van der Waals surface area (Å²) in [6.45, 7) is 2.46. The normalized spacial score (nSPS) is 14.0. The molecular formula is C16H21N5O2. The number of hydrogen-bond donors (Lipinski definition) is 3. The molecule has 7 heteroatoms. The maximum absolute atomic E-state index is 12.2. The fraction of sp³-hybridized carbons (Fsp3) is 0.375. The lowest BCUT2D eigenvalue weighted by Crippen LogP contribution is -2.23. The van der Waals surface area contributed by atoms with Crippen molar-refractivity contribution in [2.75, 3.05) is 35.2 Å². The highest BCUT2D eigenvalue weighted by Crippen LogP contribution is 2.28. The molecule has 1 aliphatic heterocycles. The zero-order chi connectivity index (χ0) is 16.1. The van der Waals surface area contributed by atoms with Crippen LogP contribution in [-0.4, -0.2) is 40.6 Å². The average Bonchev–Trinajstić information content (AvgIpc) is 3.20. The Balaban J connectivity index is 1.65. The molecule has 1 aromatic carbocycles. The predicted molar refractivity (Wildman–Crippen MR) is 89.8 cm³/mol. The van der Waals surface area contributed by atoms with Gasteiger partial charge in [0.1, 0.15) is 0 Å². The number of rotatable bonds is 5. The minimum Gasteiger partial charge on any atom is -0.394 e. The van der Waals surface area contributed by atoms with Crippen molar-refractivity contribution in [1.29, 1.82) is 0 Å². The molecule has 2 heterocycles. The molecule has 2 aromatic rings. The summed E-state index contributed by atoms with van der Waals surface area (Å²) in [6.07, 6.45) is 5.61. The lowest BCUT2D eigenvalue weighted by Gasteiger charge is -2.21. The van der Waals surface area contributed by atoms with E-state index in [0.717, 1.165) is 24.5 Å². The molecule has 0 radical (unpaired) electrons. The third-order valence-corrected chi connectivity index (χ3v) is 3.82. The number of para-hydroxylation sites is 2. The minimum absolute atomic E-state index is 0.0104. The molecule has 0 bridgehead atoms. The van der Waals surface area contributed by atoms with Crippen molar-refractivity contribution in [2.45, 2.75) is 19.4 Å². The molecule has 1 aromatic heterocycles. The lowest BCUT2D eigenvalue weighted by atomic mass is 10.2. The highest BCUT2D eigenvalue weighted by molar-refractivity contribution is 6.01. The lowest BCUT2D eigenvalue weighted by molar-refractivity contribution is 0.262. The van der Waals surface area contributed by atoms with E-state index in [0.29, 0.717) is 12.2 Å². The Hall–Kier alpha value is -2.54. The molecular weight excluding hydrogens is 294 g/mol. The van der Waals surface area contributed by atoms with Gasteiger partial charge in [-0.3, -0.25) is 4.68 Å². The van der Waals surface area contributed by atoms with E-state index in [4.69, 9.17) is 5.11 Å². The van der Waals surface area contributed by atoms with Crippen molar-refractivity contribution in [3.05, 3.63) is 36.7 Å². The Morgan fingerprint density at radius 3 is 2.78 bits per heavy atom. The number of aliphatic hydroxyl groups is 1. The van der Waals surface area contributed by atoms with Crippen LogP contribution in [0.25, 0.3) is 0 Å². The fourth-order valence-electron chi connectivity index (χ4n) is 2.75. The van der Waals surface area contributed by atoms with Crippen LogP contribution in [0.1, 0.15) is 12.8 Å². The van der Waals surface area contributed by atoms with Gasteiger partial charge in [-0.25, -0.2) is 4.79 Å². The molecule has 0 saturated carbocycles. The van der Waals surface area contributed by atoms with Crippen LogP contribution < -0.4 is 15.5 Å². The Labute approximate surface area is 134 Å². The van der Waals surface area contributed by atoms with Crippen molar-refractivity contribution in [2.24, 2.45) is 0 Å². The fourth-order valence-corrected chi connectivity index (χ4v) is 2.75. The number of urea groups is 1. The van der Waals surface area contributed by atoms with E-state index in [1.807, 2.05) is 24.3 Å². The number of hydrogen-bond acceptors (Lipinski definition) is 4. The number of aliphatic hydroxyl groups excluding tert-OH is 1.